The number of urea groups is 1. The van der Waals surface area contributed by atoms with Gasteiger partial charge in [0.15, 0.2) is 0 Å². The highest BCUT2D eigenvalue weighted by molar-refractivity contribution is 9.10. The molecule has 0 bridgehead atoms. The average Bonchev–Trinajstić information content (AvgIpc) is 2.60. The van der Waals surface area contributed by atoms with Crippen molar-refractivity contribution in [1.29, 1.82) is 0 Å². The Morgan fingerprint density at radius 1 is 1.15 bits per heavy atom. The van der Waals surface area contributed by atoms with Crippen LogP contribution in [0, 0.1) is 0 Å². The van der Waals surface area contributed by atoms with Crippen molar-refractivity contribution in [3.05, 3.63) is 68.6 Å². The molecule has 0 radical (unpaired) electrons. The molecule has 0 unspecified atom stereocenters. The predicted molar refractivity (Wildman–Crippen MR) is 102 cm³/mol. The molecule has 3 aromatic rings. The standard InChI is InChI=1S/C17H12BrClN4O3/c18-10-1-4-12(5-2-10)21-17(26)22-15(24)8-23-9-20-14-6-3-11(19)7-13(14)16(23)25/h1-7,9H,8H2,(H2,21,22,24,26). The zero-order chi connectivity index (χ0) is 18.7. The van der Waals surface area contributed by atoms with Gasteiger partial charge in [-0.15, -0.1) is 0 Å². The van der Waals surface area contributed by atoms with Crippen molar-refractivity contribution in [2.75, 3.05) is 5.32 Å². The SMILES string of the molecule is O=C(Cn1cnc2ccc(Cl)cc2c1=O)NC(=O)Nc1ccc(Br)cc1. The molecule has 0 aliphatic rings. The maximum absolute atomic E-state index is 12.4. The summed E-state index contributed by atoms with van der Waals surface area (Å²) in [7, 11) is 0. The van der Waals surface area contributed by atoms with Crippen LogP contribution >= 0.6 is 27.5 Å². The van der Waals surface area contributed by atoms with E-state index < -0.39 is 17.5 Å². The quantitative estimate of drug-likeness (QED) is 0.661. The highest BCUT2D eigenvalue weighted by Gasteiger charge is 2.11. The van der Waals surface area contributed by atoms with Crippen LogP contribution in [0.15, 0.2) is 58.1 Å². The first-order chi connectivity index (χ1) is 12.4. The number of fused-ring (bicyclic) bond motifs is 1. The summed E-state index contributed by atoms with van der Waals surface area (Å²) in [4.78, 5) is 40.4. The molecule has 0 saturated heterocycles. The Labute approximate surface area is 161 Å². The molecular weight excluding hydrogens is 424 g/mol. The first-order valence-corrected chi connectivity index (χ1v) is 8.60. The predicted octanol–water partition coefficient (Wildman–Crippen LogP) is 3.16. The third-order valence-corrected chi connectivity index (χ3v) is 4.22. The maximum atomic E-state index is 12.4. The number of anilines is 1. The lowest BCUT2D eigenvalue weighted by Gasteiger charge is -2.09. The van der Waals surface area contributed by atoms with Gasteiger partial charge in [0, 0.05) is 15.2 Å². The van der Waals surface area contributed by atoms with Crippen molar-refractivity contribution < 1.29 is 9.59 Å². The van der Waals surface area contributed by atoms with Crippen molar-refractivity contribution in [3.8, 4) is 0 Å². The summed E-state index contributed by atoms with van der Waals surface area (Å²) in [6.45, 7) is -0.345. The second kappa shape index (κ2) is 7.67. The number of nitrogens with one attached hydrogen (secondary N) is 2. The number of imide groups is 1. The molecule has 0 saturated carbocycles. The number of hydrogen-bond donors (Lipinski definition) is 2. The van der Waals surface area contributed by atoms with Gasteiger partial charge in [0.2, 0.25) is 5.91 Å². The molecule has 1 aromatic heterocycles. The van der Waals surface area contributed by atoms with Gasteiger partial charge >= 0.3 is 6.03 Å². The summed E-state index contributed by atoms with van der Waals surface area (Å²) in [5.74, 6) is -0.648. The summed E-state index contributed by atoms with van der Waals surface area (Å²) in [6, 6.07) is 10.9. The second-order valence-corrected chi connectivity index (χ2v) is 6.70. The van der Waals surface area contributed by atoms with Crippen LogP contribution in [0.1, 0.15) is 0 Å². The van der Waals surface area contributed by atoms with E-state index in [-0.39, 0.29) is 6.54 Å². The Balaban J connectivity index is 1.69. The molecule has 3 rings (SSSR count). The van der Waals surface area contributed by atoms with Crippen LogP contribution in [-0.4, -0.2) is 21.5 Å². The fourth-order valence-corrected chi connectivity index (χ4v) is 2.70. The van der Waals surface area contributed by atoms with Crippen LogP contribution in [0.5, 0.6) is 0 Å². The Kier molecular flexibility index (Phi) is 5.34. The first-order valence-electron chi connectivity index (χ1n) is 7.43. The van der Waals surface area contributed by atoms with Gasteiger partial charge in [-0.2, -0.15) is 0 Å². The highest BCUT2D eigenvalue weighted by Crippen LogP contribution is 2.14. The van der Waals surface area contributed by atoms with Crippen molar-refractivity contribution in [2.45, 2.75) is 6.54 Å². The second-order valence-electron chi connectivity index (χ2n) is 5.35. The summed E-state index contributed by atoms with van der Waals surface area (Å²) < 4.78 is 1.98. The molecule has 26 heavy (non-hydrogen) atoms. The Morgan fingerprint density at radius 3 is 2.62 bits per heavy atom. The number of rotatable bonds is 3. The number of hydrogen-bond acceptors (Lipinski definition) is 4. The van der Waals surface area contributed by atoms with Gasteiger partial charge in [-0.25, -0.2) is 9.78 Å². The average molecular weight is 436 g/mol. The first kappa shape index (κ1) is 18.1. The van der Waals surface area contributed by atoms with Crippen LogP contribution in [0.3, 0.4) is 0 Å². The monoisotopic (exact) mass is 434 g/mol. The molecule has 2 N–H and O–H groups in total. The van der Waals surface area contributed by atoms with Crippen molar-refractivity contribution >= 4 is 56.1 Å². The number of halogens is 2. The van der Waals surface area contributed by atoms with Gasteiger partial charge < -0.3 is 5.32 Å². The van der Waals surface area contributed by atoms with Crippen molar-refractivity contribution in [3.63, 3.8) is 0 Å². The molecule has 2 aromatic carbocycles. The lowest BCUT2D eigenvalue weighted by molar-refractivity contribution is -0.120. The number of amides is 3. The van der Waals surface area contributed by atoms with Gasteiger partial charge in [-0.05, 0) is 42.5 Å². The van der Waals surface area contributed by atoms with E-state index in [4.69, 9.17) is 11.6 Å². The van der Waals surface area contributed by atoms with Crippen molar-refractivity contribution in [1.82, 2.24) is 14.9 Å². The molecule has 0 fully saturated rings. The minimum atomic E-state index is -0.692. The van der Waals surface area contributed by atoms with E-state index in [0.717, 1.165) is 9.04 Å². The molecule has 0 atom stereocenters. The van der Waals surface area contributed by atoms with E-state index in [0.29, 0.717) is 21.6 Å². The number of aromatic nitrogens is 2. The Morgan fingerprint density at radius 2 is 1.88 bits per heavy atom. The van der Waals surface area contributed by atoms with Crippen LogP contribution < -0.4 is 16.2 Å². The van der Waals surface area contributed by atoms with E-state index in [1.54, 1.807) is 36.4 Å². The highest BCUT2D eigenvalue weighted by atomic mass is 79.9. The molecule has 0 aliphatic heterocycles. The minimum absolute atomic E-state index is 0.298. The van der Waals surface area contributed by atoms with Crippen LogP contribution in [-0.2, 0) is 11.3 Å². The molecule has 1 heterocycles. The molecule has 132 valence electrons. The van der Waals surface area contributed by atoms with Gasteiger partial charge in [-0.3, -0.25) is 19.5 Å². The molecule has 9 heteroatoms. The van der Waals surface area contributed by atoms with E-state index in [9.17, 15) is 14.4 Å². The number of benzene rings is 2. The molecule has 7 nitrogen and oxygen atoms in total. The van der Waals surface area contributed by atoms with E-state index >= 15 is 0 Å². The van der Waals surface area contributed by atoms with Crippen LogP contribution in [0.2, 0.25) is 5.02 Å². The number of nitrogens with zero attached hydrogens (tertiary/aromatic N) is 2. The molecule has 3 amide bonds. The molecular formula is C17H12BrClN4O3. The van der Waals surface area contributed by atoms with Crippen LogP contribution in [0.4, 0.5) is 10.5 Å². The van der Waals surface area contributed by atoms with Gasteiger partial charge in [-0.1, -0.05) is 27.5 Å². The van der Waals surface area contributed by atoms with Gasteiger partial charge in [0.05, 0.1) is 17.2 Å². The van der Waals surface area contributed by atoms with E-state index in [2.05, 4.69) is 31.5 Å². The minimum Gasteiger partial charge on any atom is -0.308 e. The zero-order valence-electron chi connectivity index (χ0n) is 13.2. The fourth-order valence-electron chi connectivity index (χ4n) is 2.26. The Hall–Kier alpha value is -2.71. The topological polar surface area (TPSA) is 93.1 Å². The number of carbonyl (C=O) groups is 2. The lowest BCUT2D eigenvalue weighted by Crippen LogP contribution is -2.38. The van der Waals surface area contributed by atoms with Gasteiger partial charge in [0.1, 0.15) is 6.54 Å². The van der Waals surface area contributed by atoms with Gasteiger partial charge in [0.25, 0.3) is 5.56 Å². The summed E-state index contributed by atoms with van der Waals surface area (Å²) in [5, 5.41) is 5.38. The fraction of sp³-hybridized carbons (Fsp3) is 0.0588. The number of carbonyl (C=O) groups excluding carboxylic acids is 2. The van der Waals surface area contributed by atoms with E-state index in [1.165, 1.54) is 12.4 Å². The normalized spacial score (nSPS) is 10.5. The maximum Gasteiger partial charge on any atom is 0.325 e. The summed E-state index contributed by atoms with van der Waals surface area (Å²) >= 11 is 9.18. The largest absolute Gasteiger partial charge is 0.325 e. The summed E-state index contributed by atoms with van der Waals surface area (Å²) in [5.41, 5.74) is 0.586. The van der Waals surface area contributed by atoms with Crippen LogP contribution in [0.25, 0.3) is 10.9 Å². The molecule has 0 aliphatic carbocycles. The van der Waals surface area contributed by atoms with Crippen molar-refractivity contribution in [2.24, 2.45) is 0 Å². The third-order valence-electron chi connectivity index (χ3n) is 3.46. The lowest BCUT2D eigenvalue weighted by atomic mass is 10.2. The smallest absolute Gasteiger partial charge is 0.308 e. The Bertz CT molecular complexity index is 1050. The van der Waals surface area contributed by atoms with E-state index in [1.807, 2.05) is 0 Å². The summed E-state index contributed by atoms with van der Waals surface area (Å²) in [6.07, 6.45) is 1.25. The molecule has 0 spiro atoms. The third kappa shape index (κ3) is 4.27. The zero-order valence-corrected chi connectivity index (χ0v) is 15.5.